The van der Waals surface area contributed by atoms with Crippen LogP contribution in [0.2, 0.25) is 0 Å². The summed E-state index contributed by atoms with van der Waals surface area (Å²) in [7, 11) is 1.61. The normalized spacial score (nSPS) is 11.7. The van der Waals surface area contributed by atoms with Crippen LogP contribution in [-0.4, -0.2) is 8.42 Å². The lowest BCUT2D eigenvalue weighted by Crippen LogP contribution is -1.95. The third-order valence-corrected chi connectivity index (χ3v) is 4.95. The molecule has 0 aliphatic heterocycles. The minimum atomic E-state index is -3.63. The molecule has 0 aliphatic carbocycles. The fourth-order valence-electron chi connectivity index (χ4n) is 0.818. The van der Waals surface area contributed by atoms with Gasteiger partial charge < -0.3 is 0 Å². The second-order valence-electron chi connectivity index (χ2n) is 2.47. The Morgan fingerprint density at radius 2 is 2.00 bits per heavy atom. The van der Waals surface area contributed by atoms with E-state index < -0.39 is 9.05 Å². The van der Waals surface area contributed by atoms with Crippen molar-refractivity contribution in [1.29, 1.82) is 0 Å². The Kier molecular flexibility index (Phi) is 3.65. The van der Waals surface area contributed by atoms with Gasteiger partial charge in [0.2, 0.25) is 0 Å². The molecule has 0 atom stereocenters. The van der Waals surface area contributed by atoms with Crippen LogP contribution in [-0.2, 0) is 9.05 Å². The maximum absolute atomic E-state index is 11.1. The van der Waals surface area contributed by atoms with Gasteiger partial charge in [-0.05, 0) is 47.2 Å². The van der Waals surface area contributed by atoms with Crippen molar-refractivity contribution in [3.8, 4) is 0 Å². The van der Waals surface area contributed by atoms with Crippen LogP contribution in [0.3, 0.4) is 0 Å². The summed E-state index contributed by atoms with van der Waals surface area (Å²) in [6.07, 6.45) is 0. The highest BCUT2D eigenvalue weighted by Gasteiger charge is 2.15. The Morgan fingerprint density at radius 1 is 1.46 bits per heavy atom. The summed E-state index contributed by atoms with van der Waals surface area (Å²) in [6.45, 7) is 1.81. The summed E-state index contributed by atoms with van der Waals surface area (Å²) in [5.41, 5.74) is 0.847. The van der Waals surface area contributed by atoms with Crippen molar-refractivity contribution in [3.05, 3.63) is 25.7 Å². The Hall–Kier alpha value is 0.670. The summed E-state index contributed by atoms with van der Waals surface area (Å²) >= 11 is 5.24. The lowest BCUT2D eigenvalue weighted by Gasteiger charge is -2.03. The Bertz CT molecular complexity index is 444. The molecule has 0 amide bonds. The quantitative estimate of drug-likeness (QED) is 0.540. The van der Waals surface area contributed by atoms with Crippen LogP contribution >= 0.6 is 49.2 Å². The molecule has 0 unspecified atom stereocenters. The molecule has 0 aromatic heterocycles. The predicted molar refractivity (Wildman–Crippen MR) is 64.6 cm³/mol. The number of rotatable bonds is 1. The Morgan fingerprint density at radius 3 is 2.46 bits per heavy atom. The molecule has 1 rings (SSSR count). The van der Waals surface area contributed by atoms with Crippen LogP contribution in [0.5, 0.6) is 0 Å². The van der Waals surface area contributed by atoms with Gasteiger partial charge in [-0.3, -0.25) is 0 Å². The van der Waals surface area contributed by atoms with E-state index in [4.69, 9.17) is 10.7 Å². The van der Waals surface area contributed by atoms with Gasteiger partial charge in [0.05, 0.1) is 4.90 Å². The number of halogens is 3. The summed E-state index contributed by atoms with van der Waals surface area (Å²) in [5, 5.41) is 0. The van der Waals surface area contributed by atoms with Gasteiger partial charge in [-0.2, -0.15) is 0 Å². The smallest absolute Gasteiger partial charge is 0.207 e. The van der Waals surface area contributed by atoms with Gasteiger partial charge in [-0.15, -0.1) is 0 Å². The van der Waals surface area contributed by atoms with Crippen molar-refractivity contribution in [3.63, 3.8) is 0 Å². The molecule has 6 heteroatoms. The van der Waals surface area contributed by atoms with Gasteiger partial charge in [0.1, 0.15) is 0 Å². The minimum Gasteiger partial charge on any atom is -0.207 e. The van der Waals surface area contributed by atoms with Gasteiger partial charge in [0.25, 0.3) is 9.05 Å². The Balaban J connectivity index is 3.50. The third-order valence-electron chi connectivity index (χ3n) is 1.48. The first-order valence-corrected chi connectivity index (χ1v) is 7.41. The highest BCUT2D eigenvalue weighted by atomic mass is 127. The number of hydrogen-bond donors (Lipinski definition) is 0. The summed E-state index contributed by atoms with van der Waals surface area (Å²) in [5.74, 6) is 0. The predicted octanol–water partition coefficient (Wildman–Crippen LogP) is 3.29. The summed E-state index contributed by atoms with van der Waals surface area (Å²) in [6, 6.07) is 3.28. The van der Waals surface area contributed by atoms with Crippen molar-refractivity contribution in [1.82, 2.24) is 0 Å². The first-order valence-electron chi connectivity index (χ1n) is 3.22. The van der Waals surface area contributed by atoms with E-state index in [9.17, 15) is 8.42 Å². The standard InChI is InChI=1S/C7H5BrClIO2S/c1-4-2-7(13(9,11)12)6(10)3-5(4)8/h2-3H,1H3. The lowest BCUT2D eigenvalue weighted by atomic mass is 10.2. The zero-order chi connectivity index (χ0) is 10.2. The topological polar surface area (TPSA) is 34.1 Å². The maximum Gasteiger partial charge on any atom is 0.262 e. The highest BCUT2D eigenvalue weighted by molar-refractivity contribution is 14.1. The molecule has 0 spiro atoms. The molecule has 2 nitrogen and oxygen atoms in total. The molecule has 0 N–H and O–H groups in total. The van der Waals surface area contributed by atoms with E-state index in [0.29, 0.717) is 3.57 Å². The average Bonchev–Trinajstić information content (AvgIpc) is 1.94. The van der Waals surface area contributed by atoms with E-state index in [-0.39, 0.29) is 4.90 Å². The first kappa shape index (κ1) is 11.7. The summed E-state index contributed by atoms with van der Waals surface area (Å²) in [4.78, 5) is 0.162. The lowest BCUT2D eigenvalue weighted by molar-refractivity contribution is 0.609. The third kappa shape index (κ3) is 2.81. The molecular weight excluding hydrogens is 390 g/mol. The second kappa shape index (κ2) is 4.04. The van der Waals surface area contributed by atoms with Crippen LogP contribution in [0, 0.1) is 10.5 Å². The molecule has 0 heterocycles. The zero-order valence-electron chi connectivity index (χ0n) is 6.51. The molecule has 0 aliphatic rings. The molecule has 72 valence electrons. The Labute approximate surface area is 103 Å². The molecule has 1 aromatic rings. The fraction of sp³-hybridized carbons (Fsp3) is 0.143. The van der Waals surface area contributed by atoms with Crippen molar-refractivity contribution >= 4 is 58.3 Å². The molecule has 1 aromatic carbocycles. The van der Waals surface area contributed by atoms with E-state index in [1.165, 1.54) is 0 Å². The van der Waals surface area contributed by atoms with Crippen molar-refractivity contribution < 1.29 is 8.42 Å². The molecule has 0 saturated heterocycles. The van der Waals surface area contributed by atoms with Gasteiger partial charge in [0.15, 0.2) is 0 Å². The van der Waals surface area contributed by atoms with Crippen LogP contribution in [0.1, 0.15) is 5.56 Å². The van der Waals surface area contributed by atoms with E-state index in [2.05, 4.69) is 15.9 Å². The van der Waals surface area contributed by atoms with E-state index in [0.717, 1.165) is 10.0 Å². The molecule has 0 fully saturated rings. The van der Waals surface area contributed by atoms with E-state index in [1.807, 2.05) is 29.5 Å². The average molecular weight is 395 g/mol. The van der Waals surface area contributed by atoms with Crippen LogP contribution in [0.15, 0.2) is 21.5 Å². The molecular formula is C7H5BrClIO2S. The van der Waals surface area contributed by atoms with Gasteiger partial charge >= 0.3 is 0 Å². The molecule has 13 heavy (non-hydrogen) atoms. The first-order chi connectivity index (χ1) is 5.82. The highest BCUT2D eigenvalue weighted by Crippen LogP contribution is 2.27. The van der Waals surface area contributed by atoms with Crippen LogP contribution in [0.4, 0.5) is 0 Å². The second-order valence-corrected chi connectivity index (χ2v) is 7.02. The molecule has 0 saturated carbocycles. The number of benzene rings is 1. The number of hydrogen-bond acceptors (Lipinski definition) is 2. The van der Waals surface area contributed by atoms with Gasteiger partial charge in [-0.25, -0.2) is 8.42 Å². The van der Waals surface area contributed by atoms with Crippen molar-refractivity contribution in [2.24, 2.45) is 0 Å². The van der Waals surface area contributed by atoms with Crippen LogP contribution in [0.25, 0.3) is 0 Å². The van der Waals surface area contributed by atoms with Gasteiger partial charge in [-0.1, -0.05) is 15.9 Å². The van der Waals surface area contributed by atoms with Crippen molar-refractivity contribution in [2.45, 2.75) is 11.8 Å². The SMILES string of the molecule is Cc1cc(S(=O)(=O)Cl)c(I)cc1Br. The van der Waals surface area contributed by atoms with Crippen molar-refractivity contribution in [2.75, 3.05) is 0 Å². The van der Waals surface area contributed by atoms with Gasteiger partial charge in [0, 0.05) is 18.7 Å². The number of aryl methyl sites for hydroxylation is 1. The largest absolute Gasteiger partial charge is 0.262 e. The van der Waals surface area contributed by atoms with E-state index >= 15 is 0 Å². The maximum atomic E-state index is 11.1. The molecule has 0 bridgehead atoms. The monoisotopic (exact) mass is 394 g/mol. The zero-order valence-corrected chi connectivity index (χ0v) is 11.8. The molecule has 0 radical (unpaired) electrons. The van der Waals surface area contributed by atoms with Crippen LogP contribution < -0.4 is 0 Å². The van der Waals surface area contributed by atoms with E-state index in [1.54, 1.807) is 12.1 Å². The fourth-order valence-corrected chi connectivity index (χ4v) is 4.31. The summed E-state index contributed by atoms with van der Waals surface area (Å²) < 4.78 is 23.6. The minimum absolute atomic E-state index is 0.162.